The predicted molar refractivity (Wildman–Crippen MR) is 126 cm³/mol. The van der Waals surface area contributed by atoms with Gasteiger partial charge in [0.15, 0.2) is 6.61 Å². The highest BCUT2D eigenvalue weighted by Crippen LogP contribution is 2.26. The Kier molecular flexibility index (Phi) is 8.78. The van der Waals surface area contributed by atoms with Crippen LogP contribution in [-0.4, -0.2) is 34.9 Å². The van der Waals surface area contributed by atoms with Gasteiger partial charge < -0.3 is 15.0 Å². The van der Waals surface area contributed by atoms with Gasteiger partial charge in [-0.1, -0.05) is 48.3 Å². The minimum atomic E-state index is -0.745. The molecule has 5 nitrogen and oxygen atoms in total. The Morgan fingerprint density at radius 3 is 2.16 bits per heavy atom. The first kappa shape index (κ1) is 25.0. The Balaban J connectivity index is 2.22. The average Bonchev–Trinajstić information content (AvgIpc) is 2.70. The Bertz CT molecular complexity index is 888. The summed E-state index contributed by atoms with van der Waals surface area (Å²) in [6, 6.07) is 12.0. The maximum absolute atomic E-state index is 13.1. The van der Waals surface area contributed by atoms with Gasteiger partial charge in [-0.05, 0) is 63.9 Å². The van der Waals surface area contributed by atoms with Crippen molar-refractivity contribution >= 4 is 35.0 Å². The van der Waals surface area contributed by atoms with Crippen molar-refractivity contribution < 1.29 is 14.3 Å². The van der Waals surface area contributed by atoms with Crippen molar-refractivity contribution in [2.75, 3.05) is 6.61 Å². The molecule has 0 saturated heterocycles. The van der Waals surface area contributed by atoms with Crippen LogP contribution < -0.4 is 10.1 Å². The van der Waals surface area contributed by atoms with Gasteiger partial charge in [-0.15, -0.1) is 0 Å². The van der Waals surface area contributed by atoms with E-state index in [0.29, 0.717) is 21.4 Å². The number of rotatable bonds is 8. The van der Waals surface area contributed by atoms with Crippen LogP contribution in [0.15, 0.2) is 42.5 Å². The molecule has 2 aromatic rings. The molecule has 1 N–H and O–H groups in total. The number of nitrogens with zero attached hydrogens (tertiary/aromatic N) is 1. The standard InChI is InChI=1S/C24H30Cl2N2O3/c1-6-17-10-12-18(13-11-17)31-15-22(29)28(16(2)23(30)27-24(3,4)5)14-19-20(25)8-7-9-21(19)26/h7-13,16H,6,14-15H2,1-5H3,(H,27,30)/t16-/m0/s1. The largest absolute Gasteiger partial charge is 0.484 e. The van der Waals surface area contributed by atoms with E-state index in [1.807, 2.05) is 45.0 Å². The number of hydrogen-bond acceptors (Lipinski definition) is 3. The van der Waals surface area contributed by atoms with Gasteiger partial charge in [0.1, 0.15) is 11.8 Å². The van der Waals surface area contributed by atoms with Gasteiger partial charge in [-0.25, -0.2) is 0 Å². The van der Waals surface area contributed by atoms with Crippen LogP contribution in [-0.2, 0) is 22.6 Å². The van der Waals surface area contributed by atoms with Crippen LogP contribution in [0.1, 0.15) is 45.7 Å². The van der Waals surface area contributed by atoms with Gasteiger partial charge in [0.2, 0.25) is 5.91 Å². The zero-order valence-corrected chi connectivity index (χ0v) is 20.2. The molecule has 0 aromatic heterocycles. The molecule has 0 aliphatic rings. The van der Waals surface area contributed by atoms with Crippen LogP contribution >= 0.6 is 23.2 Å². The summed E-state index contributed by atoms with van der Waals surface area (Å²) in [4.78, 5) is 27.3. The number of nitrogens with one attached hydrogen (secondary N) is 1. The number of amides is 2. The van der Waals surface area contributed by atoms with Crippen molar-refractivity contribution in [1.29, 1.82) is 0 Å². The maximum Gasteiger partial charge on any atom is 0.261 e. The summed E-state index contributed by atoms with van der Waals surface area (Å²) < 4.78 is 5.69. The number of hydrogen-bond donors (Lipinski definition) is 1. The molecular weight excluding hydrogens is 435 g/mol. The fourth-order valence-corrected chi connectivity index (χ4v) is 3.48. The second kappa shape index (κ2) is 10.9. The molecule has 0 radical (unpaired) electrons. The van der Waals surface area contributed by atoms with Crippen LogP contribution in [0.5, 0.6) is 5.75 Å². The lowest BCUT2D eigenvalue weighted by Gasteiger charge is -2.31. The molecule has 0 spiro atoms. The Hall–Kier alpha value is -2.24. The van der Waals surface area contributed by atoms with Crippen LogP contribution in [0.2, 0.25) is 10.0 Å². The Morgan fingerprint density at radius 1 is 1.06 bits per heavy atom. The van der Waals surface area contributed by atoms with Crippen molar-refractivity contribution in [3.63, 3.8) is 0 Å². The highest BCUT2D eigenvalue weighted by Gasteiger charge is 2.29. The van der Waals surface area contributed by atoms with Gasteiger partial charge in [-0.3, -0.25) is 9.59 Å². The lowest BCUT2D eigenvalue weighted by atomic mass is 10.1. The maximum atomic E-state index is 13.1. The summed E-state index contributed by atoms with van der Waals surface area (Å²) in [6.45, 7) is 9.29. The van der Waals surface area contributed by atoms with Crippen molar-refractivity contribution in [2.45, 2.75) is 59.2 Å². The van der Waals surface area contributed by atoms with Gasteiger partial charge in [0, 0.05) is 27.7 Å². The zero-order chi connectivity index (χ0) is 23.2. The van der Waals surface area contributed by atoms with E-state index >= 15 is 0 Å². The summed E-state index contributed by atoms with van der Waals surface area (Å²) in [5, 5.41) is 3.79. The van der Waals surface area contributed by atoms with Crippen LogP contribution in [0.3, 0.4) is 0 Å². The SMILES string of the molecule is CCc1ccc(OCC(=O)N(Cc2c(Cl)cccc2Cl)[C@@H](C)C(=O)NC(C)(C)C)cc1. The fraction of sp³-hybridized carbons (Fsp3) is 0.417. The second-order valence-electron chi connectivity index (χ2n) is 8.42. The second-order valence-corrected chi connectivity index (χ2v) is 9.24. The molecule has 2 rings (SSSR count). The van der Waals surface area contributed by atoms with Crippen LogP contribution in [0, 0.1) is 0 Å². The lowest BCUT2D eigenvalue weighted by molar-refractivity contribution is -0.142. The smallest absolute Gasteiger partial charge is 0.261 e. The Labute approximate surface area is 194 Å². The molecule has 0 saturated carbocycles. The molecule has 2 aromatic carbocycles. The van der Waals surface area contributed by atoms with E-state index in [2.05, 4.69) is 12.2 Å². The molecule has 1 atom stereocenters. The Morgan fingerprint density at radius 2 is 1.65 bits per heavy atom. The molecule has 7 heteroatoms. The molecule has 0 aliphatic carbocycles. The molecule has 0 unspecified atom stereocenters. The fourth-order valence-electron chi connectivity index (χ4n) is 2.96. The molecule has 0 heterocycles. The van der Waals surface area contributed by atoms with E-state index in [9.17, 15) is 9.59 Å². The highest BCUT2D eigenvalue weighted by atomic mass is 35.5. The van der Waals surface area contributed by atoms with Crippen LogP contribution in [0.4, 0.5) is 0 Å². The molecule has 0 aliphatic heterocycles. The van der Waals surface area contributed by atoms with E-state index in [4.69, 9.17) is 27.9 Å². The van der Waals surface area contributed by atoms with Gasteiger partial charge in [0.25, 0.3) is 5.91 Å². The van der Waals surface area contributed by atoms with Crippen molar-refractivity contribution in [2.24, 2.45) is 0 Å². The first-order valence-corrected chi connectivity index (χ1v) is 11.0. The predicted octanol–water partition coefficient (Wildman–Crippen LogP) is 5.27. The molecule has 0 fully saturated rings. The summed E-state index contributed by atoms with van der Waals surface area (Å²) in [5.74, 6) is -0.0171. The van der Waals surface area contributed by atoms with E-state index in [1.54, 1.807) is 25.1 Å². The molecular formula is C24H30Cl2N2O3. The average molecular weight is 465 g/mol. The number of benzene rings is 2. The zero-order valence-electron chi connectivity index (χ0n) is 18.7. The third-order valence-corrected chi connectivity index (χ3v) is 5.46. The van der Waals surface area contributed by atoms with E-state index < -0.39 is 11.6 Å². The van der Waals surface area contributed by atoms with E-state index in [0.717, 1.165) is 6.42 Å². The van der Waals surface area contributed by atoms with Gasteiger partial charge >= 0.3 is 0 Å². The van der Waals surface area contributed by atoms with Gasteiger partial charge in [-0.2, -0.15) is 0 Å². The molecule has 31 heavy (non-hydrogen) atoms. The minimum Gasteiger partial charge on any atom is -0.484 e. The summed E-state index contributed by atoms with van der Waals surface area (Å²) in [5.41, 5.74) is 1.34. The highest BCUT2D eigenvalue weighted by molar-refractivity contribution is 6.36. The molecule has 0 bridgehead atoms. The summed E-state index contributed by atoms with van der Waals surface area (Å²) in [6.07, 6.45) is 0.923. The number of ether oxygens (including phenoxy) is 1. The van der Waals surface area contributed by atoms with Crippen molar-refractivity contribution in [3.8, 4) is 5.75 Å². The number of halogens is 2. The first-order valence-electron chi connectivity index (χ1n) is 10.3. The normalized spacial score (nSPS) is 12.2. The van der Waals surface area contributed by atoms with Crippen molar-refractivity contribution in [1.82, 2.24) is 10.2 Å². The van der Waals surface area contributed by atoms with E-state index in [-0.39, 0.29) is 25.0 Å². The monoisotopic (exact) mass is 464 g/mol. The topological polar surface area (TPSA) is 58.6 Å². The first-order chi connectivity index (χ1) is 14.5. The number of carbonyl (C=O) groups is 2. The van der Waals surface area contributed by atoms with Crippen LogP contribution in [0.25, 0.3) is 0 Å². The van der Waals surface area contributed by atoms with Gasteiger partial charge in [0.05, 0.1) is 0 Å². The third kappa shape index (κ3) is 7.44. The number of aryl methyl sites for hydroxylation is 1. The quantitative estimate of drug-likeness (QED) is 0.578. The van der Waals surface area contributed by atoms with Crippen molar-refractivity contribution in [3.05, 3.63) is 63.6 Å². The summed E-state index contributed by atoms with van der Waals surface area (Å²) in [7, 11) is 0. The third-order valence-electron chi connectivity index (χ3n) is 4.75. The summed E-state index contributed by atoms with van der Waals surface area (Å²) >= 11 is 12.6. The lowest BCUT2D eigenvalue weighted by Crippen LogP contribution is -2.53. The minimum absolute atomic E-state index is 0.0915. The molecule has 2 amide bonds. The number of carbonyl (C=O) groups excluding carboxylic acids is 2. The molecule has 168 valence electrons. The van der Waals surface area contributed by atoms with E-state index in [1.165, 1.54) is 10.5 Å².